The molecule has 0 saturated carbocycles. The van der Waals surface area contributed by atoms with Gasteiger partial charge in [0.1, 0.15) is 0 Å². The topological polar surface area (TPSA) is 133 Å². The monoisotopic (exact) mass is 361 g/mol. The number of thiocarbonyl (C=S) groups is 2. The number of hydrogen-bond acceptors (Lipinski definition) is 4. The third-order valence-corrected chi connectivity index (χ3v) is 1.28. The van der Waals surface area contributed by atoms with Crippen molar-refractivity contribution in [2.45, 2.75) is 13.8 Å². The summed E-state index contributed by atoms with van der Waals surface area (Å²) in [4.78, 5) is 0. The molecule has 0 atom stereocenters. The SMILES string of the molecule is Cc1ccn[nH]1.Cc1ccn[nH]1.O.[Cu+2].[N-]=C=S.[N-]=C=S. The van der Waals surface area contributed by atoms with Gasteiger partial charge in [-0.2, -0.15) is 20.5 Å². The zero-order valence-corrected chi connectivity index (χ0v) is 13.3. The van der Waals surface area contributed by atoms with Gasteiger partial charge in [0.2, 0.25) is 0 Å². The van der Waals surface area contributed by atoms with E-state index in [-0.39, 0.29) is 22.5 Å². The molecule has 4 N–H and O–H groups in total. The Morgan fingerprint density at radius 3 is 1.25 bits per heavy atom. The van der Waals surface area contributed by atoms with Crippen LogP contribution in [0.25, 0.3) is 10.8 Å². The molecule has 10 heteroatoms. The zero-order chi connectivity index (χ0) is 14.2. The Labute approximate surface area is 138 Å². The van der Waals surface area contributed by atoms with Crippen molar-refractivity contribution in [2.24, 2.45) is 0 Å². The van der Waals surface area contributed by atoms with Gasteiger partial charge in [-0.1, -0.05) is 24.4 Å². The molecule has 0 fully saturated rings. The van der Waals surface area contributed by atoms with E-state index in [9.17, 15) is 0 Å². The molecule has 0 aliphatic heterocycles. The minimum atomic E-state index is 0. The average Bonchev–Trinajstić information content (AvgIpc) is 2.95. The molecule has 1 radical (unpaired) electrons. The summed E-state index contributed by atoms with van der Waals surface area (Å²) in [5.74, 6) is 0. The Morgan fingerprint density at radius 1 is 0.950 bits per heavy atom. The molecular weight excluding hydrogens is 348 g/mol. The van der Waals surface area contributed by atoms with Gasteiger partial charge in [-0.15, -0.1) is 0 Å². The summed E-state index contributed by atoms with van der Waals surface area (Å²) in [6, 6.07) is 3.83. The summed E-state index contributed by atoms with van der Waals surface area (Å²) in [5, 5.41) is 29.8. The number of nitrogens with one attached hydrogen (secondary N) is 2. The van der Waals surface area contributed by atoms with Crippen LogP contribution in [0.1, 0.15) is 11.4 Å². The van der Waals surface area contributed by atoms with Crippen LogP contribution in [0.3, 0.4) is 0 Å². The van der Waals surface area contributed by atoms with Crippen LogP contribution in [-0.2, 0) is 17.1 Å². The molecule has 20 heavy (non-hydrogen) atoms. The van der Waals surface area contributed by atoms with Crippen LogP contribution in [0.2, 0.25) is 0 Å². The quantitative estimate of drug-likeness (QED) is 0.421. The Bertz CT molecular complexity index is 404. The van der Waals surface area contributed by atoms with E-state index in [1.165, 1.54) is 10.3 Å². The first kappa shape index (κ1) is 26.9. The molecular formula is C10H14CuN6OS2. The van der Waals surface area contributed by atoms with Crippen molar-refractivity contribution in [2.75, 3.05) is 0 Å². The van der Waals surface area contributed by atoms with Crippen molar-refractivity contribution in [1.82, 2.24) is 20.4 Å². The number of H-pyrrole nitrogens is 2. The molecule has 0 bridgehead atoms. The Balaban J connectivity index is -0.0000000874. The van der Waals surface area contributed by atoms with E-state index in [0.29, 0.717) is 0 Å². The van der Waals surface area contributed by atoms with E-state index in [4.69, 9.17) is 10.8 Å². The second-order valence-corrected chi connectivity index (χ2v) is 3.03. The second kappa shape index (κ2) is 22.7. The maximum absolute atomic E-state index is 7.13. The molecule has 2 rings (SSSR count). The fourth-order valence-electron chi connectivity index (χ4n) is 0.651. The third-order valence-electron chi connectivity index (χ3n) is 1.28. The van der Waals surface area contributed by atoms with Gasteiger partial charge in [-0.25, -0.2) is 0 Å². The summed E-state index contributed by atoms with van der Waals surface area (Å²) in [5.41, 5.74) is 2.21. The Kier molecular flexibility index (Phi) is 30.5. The largest absolute Gasteiger partial charge is 2.00 e. The molecule has 0 amide bonds. The summed E-state index contributed by atoms with van der Waals surface area (Å²) in [7, 11) is 0. The van der Waals surface area contributed by atoms with E-state index < -0.39 is 0 Å². The minimum Gasteiger partial charge on any atom is -0.753 e. The van der Waals surface area contributed by atoms with Crippen molar-refractivity contribution in [1.29, 1.82) is 0 Å². The zero-order valence-electron chi connectivity index (χ0n) is 10.7. The van der Waals surface area contributed by atoms with E-state index in [1.54, 1.807) is 12.4 Å². The van der Waals surface area contributed by atoms with Gasteiger partial charge in [0, 0.05) is 23.8 Å². The van der Waals surface area contributed by atoms with Crippen LogP contribution < -0.4 is 0 Å². The van der Waals surface area contributed by atoms with Crippen molar-refractivity contribution in [3.05, 3.63) is 46.7 Å². The fraction of sp³-hybridized carbons (Fsp3) is 0.200. The average molecular weight is 362 g/mol. The maximum Gasteiger partial charge on any atom is 2.00 e. The predicted molar refractivity (Wildman–Crippen MR) is 82.2 cm³/mol. The molecule has 7 nitrogen and oxygen atoms in total. The van der Waals surface area contributed by atoms with Crippen LogP contribution in [0.4, 0.5) is 0 Å². The fourth-order valence-corrected chi connectivity index (χ4v) is 0.651. The van der Waals surface area contributed by atoms with Crippen LogP contribution in [0, 0.1) is 13.8 Å². The summed E-state index contributed by atoms with van der Waals surface area (Å²) >= 11 is 7.40. The minimum absolute atomic E-state index is 0. The molecule has 0 unspecified atom stereocenters. The van der Waals surface area contributed by atoms with E-state index in [1.807, 2.05) is 26.0 Å². The van der Waals surface area contributed by atoms with Crippen molar-refractivity contribution < 1.29 is 22.5 Å². The number of aromatic nitrogens is 4. The van der Waals surface area contributed by atoms with Crippen LogP contribution >= 0.6 is 24.4 Å². The molecule has 0 aliphatic carbocycles. The Hall–Kier alpha value is -1.50. The summed E-state index contributed by atoms with van der Waals surface area (Å²) in [6.07, 6.45) is 3.46. The number of nitrogens with zero attached hydrogens (tertiary/aromatic N) is 4. The van der Waals surface area contributed by atoms with Gasteiger partial charge in [0.15, 0.2) is 0 Å². The summed E-state index contributed by atoms with van der Waals surface area (Å²) < 4.78 is 0. The van der Waals surface area contributed by atoms with Gasteiger partial charge in [-0.05, 0) is 26.0 Å². The van der Waals surface area contributed by atoms with Gasteiger partial charge in [0.25, 0.3) is 0 Å². The normalized spacial score (nSPS) is 6.10. The standard InChI is InChI=1S/2C4H6N2.2CNS.Cu.H2O/c2*1-4-2-3-5-6-4;2*2-1-3;;/h2*2-3H,1H3,(H,5,6);;;;1H2/q;;2*-1;+2;. The smallest absolute Gasteiger partial charge is 0.753 e. The Morgan fingerprint density at radius 2 is 1.20 bits per heavy atom. The van der Waals surface area contributed by atoms with Crippen molar-refractivity contribution >= 4 is 34.8 Å². The first-order valence-corrected chi connectivity index (χ1v) is 5.38. The van der Waals surface area contributed by atoms with Gasteiger partial charge in [-0.3, -0.25) is 10.2 Å². The molecule has 0 spiro atoms. The molecule has 2 aromatic rings. The van der Waals surface area contributed by atoms with E-state index in [2.05, 4.69) is 44.8 Å². The number of isothiocyanates is 2. The van der Waals surface area contributed by atoms with E-state index >= 15 is 0 Å². The van der Waals surface area contributed by atoms with Gasteiger partial charge >= 0.3 is 17.1 Å². The summed E-state index contributed by atoms with van der Waals surface area (Å²) in [6.45, 7) is 3.93. The molecule has 0 saturated heterocycles. The number of rotatable bonds is 0. The van der Waals surface area contributed by atoms with Gasteiger partial charge in [0.05, 0.1) is 0 Å². The number of aromatic amines is 2. The van der Waals surface area contributed by atoms with Gasteiger partial charge < -0.3 is 16.3 Å². The van der Waals surface area contributed by atoms with E-state index in [0.717, 1.165) is 11.4 Å². The van der Waals surface area contributed by atoms with Crippen molar-refractivity contribution in [3.63, 3.8) is 0 Å². The second-order valence-electron chi connectivity index (χ2n) is 2.66. The third kappa shape index (κ3) is 25.4. The molecule has 0 aliphatic rings. The van der Waals surface area contributed by atoms with Crippen molar-refractivity contribution in [3.8, 4) is 0 Å². The van der Waals surface area contributed by atoms with Crippen LogP contribution in [0.15, 0.2) is 24.5 Å². The molecule has 2 heterocycles. The first-order chi connectivity index (χ1) is 8.62. The van der Waals surface area contributed by atoms with Crippen LogP contribution in [-0.4, -0.2) is 36.2 Å². The first-order valence-electron chi connectivity index (χ1n) is 4.56. The number of aryl methyl sites for hydroxylation is 2. The molecule has 2 aromatic heterocycles. The van der Waals surface area contributed by atoms with Crippen LogP contribution in [0.5, 0.6) is 0 Å². The molecule has 113 valence electrons. The number of hydrogen-bond donors (Lipinski definition) is 2. The molecule has 0 aromatic carbocycles. The predicted octanol–water partition coefficient (Wildman–Crippen LogP) is 1.93. The maximum atomic E-state index is 7.13.